The first-order valence-corrected chi connectivity index (χ1v) is 3.07. The zero-order chi connectivity index (χ0) is 4.12. The lowest BCUT2D eigenvalue weighted by Crippen LogP contribution is -1.48. The number of aliphatic imine (C=N–C) groups is 1. The maximum Gasteiger partial charge on any atom is 0.0277 e. The van der Waals surface area contributed by atoms with Gasteiger partial charge in [-0.15, -0.1) is 0 Å². The summed E-state index contributed by atoms with van der Waals surface area (Å²) >= 11 is 0. The van der Waals surface area contributed by atoms with Crippen LogP contribution < -0.4 is 0 Å². The molecule has 5 heavy (non-hydrogen) atoms. The number of rotatable bonds is 1. The van der Waals surface area contributed by atoms with Crippen LogP contribution in [-0.2, 0) is 0 Å². The Kier molecular flexibility index (Phi) is 4.18. The number of hydrogen-bond acceptors (Lipinski definition) is 1. The third-order valence-corrected chi connectivity index (χ3v) is 0.775. The van der Waals surface area contributed by atoms with Crippen molar-refractivity contribution in [3.05, 3.63) is 0 Å². The smallest absolute Gasteiger partial charge is 0.0277 e. The number of nitrogens with zero attached hydrogens (tertiary/aromatic N) is 1. The molecule has 0 saturated heterocycles. The molecule has 0 bridgehead atoms. The van der Waals surface area contributed by atoms with Gasteiger partial charge in [0.2, 0.25) is 0 Å². The van der Waals surface area contributed by atoms with E-state index in [1.807, 2.05) is 5.96 Å². The molecule has 0 aromatic carbocycles. The van der Waals surface area contributed by atoms with Crippen LogP contribution >= 0.6 is 8.58 Å². The molecule has 0 heterocycles. The van der Waals surface area contributed by atoms with Crippen LogP contribution in [0.3, 0.4) is 0 Å². The fraction of sp³-hybridized carbons (Fsp3) is 0.667. The van der Waals surface area contributed by atoms with Crippen molar-refractivity contribution in [2.24, 2.45) is 4.99 Å². The van der Waals surface area contributed by atoms with E-state index in [0.717, 1.165) is 8.58 Å². The van der Waals surface area contributed by atoms with Gasteiger partial charge >= 0.3 is 0 Å². The Labute approximate surface area is 34.3 Å². The second kappa shape index (κ2) is 4.10. The average molecular weight is 89.1 g/mol. The molecule has 0 spiro atoms. The van der Waals surface area contributed by atoms with Crippen LogP contribution in [0.25, 0.3) is 0 Å². The van der Waals surface area contributed by atoms with Crippen LogP contribution in [0.4, 0.5) is 0 Å². The summed E-state index contributed by atoms with van der Waals surface area (Å²) in [7, 11) is 2.65. The van der Waals surface area contributed by atoms with Crippen LogP contribution in [-0.4, -0.2) is 19.7 Å². The van der Waals surface area contributed by atoms with Crippen molar-refractivity contribution in [1.29, 1.82) is 0 Å². The van der Waals surface area contributed by atoms with Crippen LogP contribution in [0.1, 0.15) is 0 Å². The highest BCUT2D eigenvalue weighted by Gasteiger charge is 1.51. The van der Waals surface area contributed by atoms with Crippen molar-refractivity contribution in [3.8, 4) is 0 Å². The Hall–Kier alpha value is 0.100. The Balaban J connectivity index is 2.62. The van der Waals surface area contributed by atoms with E-state index in [1.54, 1.807) is 7.05 Å². The SMILES string of the molecule is CN=CPC. The van der Waals surface area contributed by atoms with E-state index in [0.29, 0.717) is 0 Å². The molecule has 0 saturated carbocycles. The molecule has 1 unspecified atom stereocenters. The van der Waals surface area contributed by atoms with Gasteiger partial charge in [-0.05, 0) is 6.66 Å². The third kappa shape index (κ3) is 4.10. The quantitative estimate of drug-likeness (QED) is 0.335. The highest BCUT2D eigenvalue weighted by molar-refractivity contribution is 7.54. The van der Waals surface area contributed by atoms with Gasteiger partial charge in [-0.3, -0.25) is 4.99 Å². The summed E-state index contributed by atoms with van der Waals surface area (Å²) in [4.78, 5) is 3.74. The van der Waals surface area contributed by atoms with Crippen LogP contribution in [0.5, 0.6) is 0 Å². The summed E-state index contributed by atoms with van der Waals surface area (Å²) in [5.41, 5.74) is 0. The molecule has 2 heteroatoms. The highest BCUT2D eigenvalue weighted by atomic mass is 31.1. The minimum atomic E-state index is 0.866. The fourth-order valence-corrected chi connectivity index (χ4v) is 0.387. The van der Waals surface area contributed by atoms with E-state index >= 15 is 0 Å². The molecule has 30 valence electrons. The molecule has 0 aliphatic carbocycles. The summed E-state index contributed by atoms with van der Waals surface area (Å²) in [6, 6.07) is 0. The lowest BCUT2D eigenvalue weighted by Gasteiger charge is -1.66. The molecule has 0 aliphatic heterocycles. The molecular formula is C3H8NP. The topological polar surface area (TPSA) is 12.4 Å². The van der Waals surface area contributed by atoms with Crippen molar-refractivity contribution in [3.63, 3.8) is 0 Å². The van der Waals surface area contributed by atoms with E-state index in [2.05, 4.69) is 11.7 Å². The summed E-state index contributed by atoms with van der Waals surface area (Å²) in [5, 5.41) is 0. The van der Waals surface area contributed by atoms with Crippen molar-refractivity contribution in [2.45, 2.75) is 0 Å². The van der Waals surface area contributed by atoms with Gasteiger partial charge in [-0.25, -0.2) is 0 Å². The van der Waals surface area contributed by atoms with Crippen molar-refractivity contribution >= 4 is 14.5 Å². The Morgan fingerprint density at radius 2 is 2.40 bits per heavy atom. The molecule has 0 fully saturated rings. The maximum atomic E-state index is 3.74. The first-order valence-electron chi connectivity index (χ1n) is 1.49. The van der Waals surface area contributed by atoms with Crippen LogP contribution in [0, 0.1) is 0 Å². The summed E-state index contributed by atoms with van der Waals surface area (Å²) < 4.78 is 0. The van der Waals surface area contributed by atoms with Crippen molar-refractivity contribution < 1.29 is 0 Å². The molecule has 0 aliphatic rings. The molecular weight excluding hydrogens is 81.0 g/mol. The van der Waals surface area contributed by atoms with E-state index in [4.69, 9.17) is 0 Å². The predicted molar refractivity (Wildman–Crippen MR) is 28.7 cm³/mol. The van der Waals surface area contributed by atoms with Crippen LogP contribution in [0.15, 0.2) is 4.99 Å². The van der Waals surface area contributed by atoms with Gasteiger partial charge in [-0.1, -0.05) is 8.58 Å². The minimum Gasteiger partial charge on any atom is -0.296 e. The average Bonchev–Trinajstić information content (AvgIpc) is 1.41. The Morgan fingerprint density at radius 3 is 2.40 bits per heavy atom. The lowest BCUT2D eigenvalue weighted by molar-refractivity contribution is 1.49. The van der Waals surface area contributed by atoms with Crippen molar-refractivity contribution in [1.82, 2.24) is 0 Å². The predicted octanol–water partition coefficient (Wildman–Crippen LogP) is 0.953. The second-order valence-corrected chi connectivity index (χ2v) is 1.51. The summed E-state index contributed by atoms with van der Waals surface area (Å²) in [6.45, 7) is 2.09. The third-order valence-electron chi connectivity index (χ3n) is 0.258. The van der Waals surface area contributed by atoms with Gasteiger partial charge in [0.1, 0.15) is 0 Å². The van der Waals surface area contributed by atoms with Gasteiger partial charge in [0, 0.05) is 13.0 Å². The first kappa shape index (κ1) is 5.10. The summed E-state index contributed by atoms with van der Waals surface area (Å²) in [6.07, 6.45) is 0. The Morgan fingerprint density at radius 1 is 1.80 bits per heavy atom. The number of hydrogen-bond donors (Lipinski definition) is 0. The van der Waals surface area contributed by atoms with Gasteiger partial charge in [-0.2, -0.15) is 0 Å². The molecule has 0 N–H and O–H groups in total. The summed E-state index contributed by atoms with van der Waals surface area (Å²) in [5.74, 6) is 1.90. The molecule has 0 amide bonds. The zero-order valence-corrected chi connectivity index (χ0v) is 4.52. The first-order chi connectivity index (χ1) is 2.41. The maximum absolute atomic E-state index is 3.74. The van der Waals surface area contributed by atoms with Gasteiger partial charge in [0.15, 0.2) is 0 Å². The molecule has 0 aromatic rings. The molecule has 1 nitrogen and oxygen atoms in total. The molecule has 0 radical (unpaired) electrons. The molecule has 1 atom stereocenters. The van der Waals surface area contributed by atoms with E-state index in [-0.39, 0.29) is 0 Å². The van der Waals surface area contributed by atoms with E-state index in [1.165, 1.54) is 0 Å². The molecule has 0 aromatic heterocycles. The van der Waals surface area contributed by atoms with Gasteiger partial charge < -0.3 is 0 Å². The minimum absolute atomic E-state index is 0.866. The van der Waals surface area contributed by atoms with Crippen molar-refractivity contribution in [2.75, 3.05) is 13.7 Å². The van der Waals surface area contributed by atoms with Gasteiger partial charge in [0.25, 0.3) is 0 Å². The molecule has 0 rings (SSSR count). The fourth-order valence-electron chi connectivity index (χ4n) is 0.129. The highest BCUT2D eigenvalue weighted by Crippen LogP contribution is 1.90. The lowest BCUT2D eigenvalue weighted by atomic mass is 11.4. The largest absolute Gasteiger partial charge is 0.296 e. The monoisotopic (exact) mass is 89.0 g/mol. The Bertz CT molecular complexity index is 33.9. The van der Waals surface area contributed by atoms with Crippen LogP contribution in [0.2, 0.25) is 0 Å². The normalized spacial score (nSPS) is 12.4. The zero-order valence-electron chi connectivity index (χ0n) is 3.52. The van der Waals surface area contributed by atoms with E-state index < -0.39 is 0 Å². The van der Waals surface area contributed by atoms with E-state index in [9.17, 15) is 0 Å². The van der Waals surface area contributed by atoms with Gasteiger partial charge in [0.05, 0.1) is 0 Å². The second-order valence-electron chi connectivity index (χ2n) is 0.676. The standard InChI is InChI=1S/C3H8NP/c1-4-3-5-2/h3,5H,1-2H3.